The average Bonchev–Trinajstić information content (AvgIpc) is 2.05. The molecule has 0 amide bonds. The molecule has 0 atom stereocenters. The number of hydrogen-bond acceptors (Lipinski definition) is 3. The first-order chi connectivity index (χ1) is 4.97. The van der Waals surface area contributed by atoms with Gasteiger partial charge in [0.05, 0.1) is 11.4 Å². The molecule has 0 aliphatic carbocycles. The van der Waals surface area contributed by atoms with Crippen molar-refractivity contribution in [3.05, 3.63) is 24.3 Å². The van der Waals surface area contributed by atoms with Crippen molar-refractivity contribution in [2.45, 2.75) is 0 Å². The van der Waals surface area contributed by atoms with E-state index in [9.17, 15) is 0 Å². The molecule has 1 aliphatic rings. The third-order valence-corrected chi connectivity index (χ3v) is 1.68. The molecule has 1 aliphatic heterocycles. The zero-order valence-corrected chi connectivity index (χ0v) is 6.43. The second-order valence-corrected chi connectivity index (χ2v) is 2.40. The normalized spacial score (nSPS) is 13.5. The number of hydrogen-bond donors (Lipinski definition) is 3. The van der Waals surface area contributed by atoms with Crippen molar-refractivity contribution in [2.75, 3.05) is 23.7 Å². The van der Waals surface area contributed by atoms with Crippen molar-refractivity contribution in [3.63, 3.8) is 0 Å². The summed E-state index contributed by atoms with van der Waals surface area (Å²) in [6.45, 7) is 2.05. The molecule has 5 N–H and O–H groups in total. The molecular weight excluding hydrogens is 138 g/mol. The van der Waals surface area contributed by atoms with Crippen LogP contribution in [0.25, 0.3) is 0 Å². The molecule has 3 heteroatoms. The van der Waals surface area contributed by atoms with Crippen LogP contribution in [0.4, 0.5) is 11.4 Å². The molecule has 0 fully saturated rings. The number of para-hydroxylation sites is 2. The molecular formula is C8H13N3. The predicted octanol–water partition coefficient (Wildman–Crippen LogP) is 1.69. The standard InChI is InChI=1S/C8H10N2.H3N/c1-2-4-8-7(3-1)9-5-6-10-8;/h1-4,9-10H,5-6H2;1H3. The fraction of sp³-hybridized carbons (Fsp3) is 0.250. The highest BCUT2D eigenvalue weighted by Gasteiger charge is 2.03. The summed E-state index contributed by atoms with van der Waals surface area (Å²) in [5, 5.41) is 6.60. The van der Waals surface area contributed by atoms with Crippen molar-refractivity contribution in [2.24, 2.45) is 0 Å². The van der Waals surface area contributed by atoms with E-state index in [-0.39, 0.29) is 6.15 Å². The van der Waals surface area contributed by atoms with Crippen LogP contribution in [0.3, 0.4) is 0 Å². The minimum Gasteiger partial charge on any atom is -0.382 e. The van der Waals surface area contributed by atoms with Gasteiger partial charge in [-0.15, -0.1) is 0 Å². The lowest BCUT2D eigenvalue weighted by atomic mass is 10.2. The van der Waals surface area contributed by atoms with Gasteiger partial charge in [0.25, 0.3) is 0 Å². The van der Waals surface area contributed by atoms with E-state index < -0.39 is 0 Å². The largest absolute Gasteiger partial charge is 0.382 e. The summed E-state index contributed by atoms with van der Waals surface area (Å²) >= 11 is 0. The Morgan fingerprint density at radius 1 is 0.909 bits per heavy atom. The number of nitrogens with one attached hydrogen (secondary N) is 2. The monoisotopic (exact) mass is 151 g/mol. The molecule has 0 unspecified atom stereocenters. The van der Waals surface area contributed by atoms with E-state index in [1.54, 1.807) is 0 Å². The van der Waals surface area contributed by atoms with E-state index in [2.05, 4.69) is 22.8 Å². The van der Waals surface area contributed by atoms with Crippen molar-refractivity contribution in [1.82, 2.24) is 6.15 Å². The summed E-state index contributed by atoms with van der Waals surface area (Å²) in [6, 6.07) is 8.25. The van der Waals surface area contributed by atoms with Crippen LogP contribution in [0.15, 0.2) is 24.3 Å². The average molecular weight is 151 g/mol. The Balaban J connectivity index is 0.000000605. The minimum atomic E-state index is 0. The number of anilines is 2. The van der Waals surface area contributed by atoms with Gasteiger partial charge in [-0.3, -0.25) is 0 Å². The third-order valence-electron chi connectivity index (χ3n) is 1.68. The molecule has 0 aromatic heterocycles. The molecule has 60 valence electrons. The van der Waals surface area contributed by atoms with Gasteiger partial charge < -0.3 is 16.8 Å². The maximum Gasteiger partial charge on any atom is 0.0576 e. The van der Waals surface area contributed by atoms with Gasteiger partial charge in [0.2, 0.25) is 0 Å². The fourth-order valence-electron chi connectivity index (χ4n) is 1.19. The highest BCUT2D eigenvalue weighted by atomic mass is 15.0. The quantitative estimate of drug-likeness (QED) is 0.528. The zero-order chi connectivity index (χ0) is 6.81. The van der Waals surface area contributed by atoms with Gasteiger partial charge in [0.1, 0.15) is 0 Å². The Morgan fingerprint density at radius 2 is 1.36 bits per heavy atom. The predicted molar refractivity (Wildman–Crippen MR) is 48.4 cm³/mol. The summed E-state index contributed by atoms with van der Waals surface area (Å²) < 4.78 is 0. The maximum atomic E-state index is 3.30. The van der Waals surface area contributed by atoms with E-state index in [1.807, 2.05) is 12.1 Å². The Bertz CT molecular complexity index is 210. The van der Waals surface area contributed by atoms with Gasteiger partial charge in [-0.25, -0.2) is 0 Å². The van der Waals surface area contributed by atoms with Gasteiger partial charge >= 0.3 is 0 Å². The Hall–Kier alpha value is -1.22. The molecule has 0 bridgehead atoms. The molecule has 1 aromatic rings. The summed E-state index contributed by atoms with van der Waals surface area (Å²) in [6.07, 6.45) is 0. The van der Waals surface area contributed by atoms with Crippen molar-refractivity contribution in [3.8, 4) is 0 Å². The molecule has 2 rings (SSSR count). The minimum absolute atomic E-state index is 0. The first-order valence-electron chi connectivity index (χ1n) is 3.53. The van der Waals surface area contributed by atoms with Gasteiger partial charge in [-0.2, -0.15) is 0 Å². The van der Waals surface area contributed by atoms with Gasteiger partial charge in [-0.05, 0) is 12.1 Å². The first kappa shape index (κ1) is 7.88. The molecule has 1 heterocycles. The SMILES string of the molecule is N.c1ccc2c(c1)NCCN2. The highest BCUT2D eigenvalue weighted by molar-refractivity contribution is 5.70. The van der Waals surface area contributed by atoms with E-state index in [4.69, 9.17) is 0 Å². The molecule has 0 spiro atoms. The van der Waals surface area contributed by atoms with Crippen LogP contribution in [-0.4, -0.2) is 13.1 Å². The lowest BCUT2D eigenvalue weighted by Gasteiger charge is -2.18. The topological polar surface area (TPSA) is 59.1 Å². The Kier molecular flexibility index (Phi) is 2.33. The molecule has 0 saturated carbocycles. The van der Waals surface area contributed by atoms with Crippen LogP contribution in [0.5, 0.6) is 0 Å². The van der Waals surface area contributed by atoms with E-state index in [0.29, 0.717) is 0 Å². The van der Waals surface area contributed by atoms with Crippen molar-refractivity contribution in [1.29, 1.82) is 0 Å². The van der Waals surface area contributed by atoms with Crippen molar-refractivity contribution >= 4 is 11.4 Å². The van der Waals surface area contributed by atoms with Crippen LogP contribution >= 0.6 is 0 Å². The molecule has 1 aromatic carbocycles. The smallest absolute Gasteiger partial charge is 0.0576 e. The summed E-state index contributed by atoms with van der Waals surface area (Å²) in [5.41, 5.74) is 2.43. The lowest BCUT2D eigenvalue weighted by molar-refractivity contribution is 1.05. The lowest BCUT2D eigenvalue weighted by Crippen LogP contribution is -2.19. The van der Waals surface area contributed by atoms with Gasteiger partial charge in [0, 0.05) is 13.1 Å². The summed E-state index contributed by atoms with van der Waals surface area (Å²) in [7, 11) is 0. The number of benzene rings is 1. The Labute approximate surface area is 66.4 Å². The van der Waals surface area contributed by atoms with Gasteiger partial charge in [-0.1, -0.05) is 12.1 Å². The van der Waals surface area contributed by atoms with Crippen LogP contribution in [-0.2, 0) is 0 Å². The van der Waals surface area contributed by atoms with Crippen LogP contribution in [0, 0.1) is 0 Å². The van der Waals surface area contributed by atoms with Crippen molar-refractivity contribution < 1.29 is 0 Å². The van der Waals surface area contributed by atoms with Crippen LogP contribution in [0.2, 0.25) is 0 Å². The van der Waals surface area contributed by atoms with E-state index >= 15 is 0 Å². The molecule has 3 nitrogen and oxygen atoms in total. The number of fused-ring (bicyclic) bond motifs is 1. The van der Waals surface area contributed by atoms with E-state index in [0.717, 1.165) is 13.1 Å². The van der Waals surface area contributed by atoms with Crippen LogP contribution < -0.4 is 16.8 Å². The van der Waals surface area contributed by atoms with E-state index in [1.165, 1.54) is 11.4 Å². The molecule has 0 saturated heterocycles. The number of rotatable bonds is 0. The molecule has 0 radical (unpaired) electrons. The summed E-state index contributed by atoms with van der Waals surface area (Å²) in [4.78, 5) is 0. The molecule has 11 heavy (non-hydrogen) atoms. The second kappa shape index (κ2) is 3.25. The third kappa shape index (κ3) is 1.43. The second-order valence-electron chi connectivity index (χ2n) is 2.40. The zero-order valence-electron chi connectivity index (χ0n) is 6.43. The van der Waals surface area contributed by atoms with Crippen LogP contribution in [0.1, 0.15) is 0 Å². The highest BCUT2D eigenvalue weighted by Crippen LogP contribution is 2.22. The fourth-order valence-corrected chi connectivity index (χ4v) is 1.19. The van der Waals surface area contributed by atoms with Gasteiger partial charge in [0.15, 0.2) is 0 Å². The first-order valence-corrected chi connectivity index (χ1v) is 3.53. The summed E-state index contributed by atoms with van der Waals surface area (Å²) in [5.74, 6) is 0. The Morgan fingerprint density at radius 3 is 1.82 bits per heavy atom. The maximum absolute atomic E-state index is 3.30.